The van der Waals surface area contributed by atoms with Crippen LogP contribution >= 0.6 is 23.2 Å². The molecule has 3 nitrogen and oxygen atoms in total. The number of anilines is 1. The second kappa shape index (κ2) is 6.99. The summed E-state index contributed by atoms with van der Waals surface area (Å²) in [6.45, 7) is 4.43. The van der Waals surface area contributed by atoms with Crippen molar-refractivity contribution in [1.29, 1.82) is 0 Å². The second-order valence-electron chi connectivity index (χ2n) is 5.83. The van der Waals surface area contributed by atoms with Gasteiger partial charge < -0.3 is 9.80 Å². The molecule has 1 saturated heterocycles. The molecule has 2 aromatic rings. The molecule has 126 valence electrons. The predicted octanol–water partition coefficient (Wildman–Crippen LogP) is 4.40. The number of carbonyl (C=O) groups is 1. The summed E-state index contributed by atoms with van der Waals surface area (Å²) in [5.41, 5.74) is 2.23. The van der Waals surface area contributed by atoms with E-state index in [0.717, 1.165) is 11.3 Å². The Balaban J connectivity index is 1.72. The van der Waals surface area contributed by atoms with Crippen LogP contribution in [0.25, 0.3) is 0 Å². The van der Waals surface area contributed by atoms with Crippen molar-refractivity contribution < 1.29 is 9.18 Å². The fraction of sp³-hybridized carbons (Fsp3) is 0.278. The maximum atomic E-state index is 13.9. The molecule has 3 rings (SSSR count). The number of halogens is 3. The smallest absolute Gasteiger partial charge is 0.257 e. The highest BCUT2D eigenvalue weighted by Gasteiger charge is 2.25. The Morgan fingerprint density at radius 1 is 1.00 bits per heavy atom. The first-order valence-corrected chi connectivity index (χ1v) is 8.47. The molecule has 1 aliphatic heterocycles. The van der Waals surface area contributed by atoms with Crippen LogP contribution in [0.3, 0.4) is 0 Å². The van der Waals surface area contributed by atoms with Gasteiger partial charge in [0.1, 0.15) is 5.82 Å². The average Bonchev–Trinajstić information content (AvgIpc) is 2.59. The number of aryl methyl sites for hydroxylation is 1. The zero-order chi connectivity index (χ0) is 17.3. The largest absolute Gasteiger partial charge is 0.368 e. The lowest BCUT2D eigenvalue weighted by Gasteiger charge is -2.37. The number of rotatable bonds is 2. The highest BCUT2D eigenvalue weighted by atomic mass is 35.5. The Bertz CT molecular complexity index is 774. The standard InChI is InChI=1S/C18H17Cl2FN2O/c1-12-2-3-14(20)11-17(12)22-6-8-23(9-7-22)18(24)15-10-13(19)4-5-16(15)21/h2-5,10-11H,6-9H2,1H3. The quantitative estimate of drug-likeness (QED) is 0.785. The van der Waals surface area contributed by atoms with E-state index in [0.29, 0.717) is 36.2 Å². The maximum absolute atomic E-state index is 13.9. The van der Waals surface area contributed by atoms with E-state index >= 15 is 0 Å². The molecule has 6 heteroatoms. The summed E-state index contributed by atoms with van der Waals surface area (Å²) in [5.74, 6) is -0.866. The normalized spacial score (nSPS) is 14.8. The topological polar surface area (TPSA) is 23.6 Å². The Kier molecular flexibility index (Phi) is 4.97. The highest BCUT2D eigenvalue weighted by molar-refractivity contribution is 6.31. The molecule has 0 aromatic heterocycles. The minimum Gasteiger partial charge on any atom is -0.368 e. The number of hydrogen-bond donors (Lipinski definition) is 0. The first kappa shape index (κ1) is 17.1. The lowest BCUT2D eigenvalue weighted by Crippen LogP contribution is -2.49. The third-order valence-corrected chi connectivity index (χ3v) is 4.71. The molecule has 0 radical (unpaired) electrons. The van der Waals surface area contributed by atoms with Crippen LogP contribution in [0.1, 0.15) is 15.9 Å². The van der Waals surface area contributed by atoms with Gasteiger partial charge in [-0.15, -0.1) is 0 Å². The highest BCUT2D eigenvalue weighted by Crippen LogP contribution is 2.26. The second-order valence-corrected chi connectivity index (χ2v) is 6.71. The summed E-state index contributed by atoms with van der Waals surface area (Å²) in [4.78, 5) is 16.4. The zero-order valence-electron chi connectivity index (χ0n) is 13.2. The predicted molar refractivity (Wildman–Crippen MR) is 95.7 cm³/mol. The van der Waals surface area contributed by atoms with Crippen molar-refractivity contribution >= 4 is 34.8 Å². The average molecular weight is 367 g/mol. The number of piperazine rings is 1. The fourth-order valence-corrected chi connectivity index (χ4v) is 3.24. The maximum Gasteiger partial charge on any atom is 0.257 e. The minimum atomic E-state index is -0.544. The van der Waals surface area contributed by atoms with E-state index in [4.69, 9.17) is 23.2 Å². The van der Waals surface area contributed by atoms with Gasteiger partial charge in [0.25, 0.3) is 5.91 Å². The van der Waals surface area contributed by atoms with Gasteiger partial charge in [0.05, 0.1) is 5.56 Å². The monoisotopic (exact) mass is 366 g/mol. The SMILES string of the molecule is Cc1ccc(Cl)cc1N1CCN(C(=O)c2cc(Cl)ccc2F)CC1. The summed E-state index contributed by atoms with van der Waals surface area (Å²) in [7, 11) is 0. The van der Waals surface area contributed by atoms with Crippen LogP contribution in [0, 0.1) is 12.7 Å². The first-order chi connectivity index (χ1) is 11.5. The van der Waals surface area contributed by atoms with Gasteiger partial charge >= 0.3 is 0 Å². The van der Waals surface area contributed by atoms with Gasteiger partial charge in [-0.25, -0.2) is 4.39 Å². The molecule has 1 heterocycles. The molecule has 1 fully saturated rings. The number of hydrogen-bond acceptors (Lipinski definition) is 2. The Hall–Kier alpha value is -1.78. The molecule has 1 amide bonds. The van der Waals surface area contributed by atoms with Crippen LogP contribution in [0.5, 0.6) is 0 Å². The van der Waals surface area contributed by atoms with Gasteiger partial charge in [-0.05, 0) is 42.8 Å². The molecule has 0 spiro atoms. The van der Waals surface area contributed by atoms with E-state index in [-0.39, 0.29) is 11.5 Å². The molecule has 0 saturated carbocycles. The molecule has 2 aromatic carbocycles. The van der Waals surface area contributed by atoms with Crippen LogP contribution in [-0.2, 0) is 0 Å². The third-order valence-electron chi connectivity index (χ3n) is 4.24. The van der Waals surface area contributed by atoms with Crippen molar-refractivity contribution in [2.75, 3.05) is 31.1 Å². The zero-order valence-corrected chi connectivity index (χ0v) is 14.7. The van der Waals surface area contributed by atoms with Crippen molar-refractivity contribution in [3.63, 3.8) is 0 Å². The van der Waals surface area contributed by atoms with Crippen LogP contribution in [0.4, 0.5) is 10.1 Å². The van der Waals surface area contributed by atoms with Crippen LogP contribution < -0.4 is 4.90 Å². The molecule has 0 bridgehead atoms. The number of amides is 1. The summed E-state index contributed by atoms with van der Waals surface area (Å²) < 4.78 is 13.9. The molecular weight excluding hydrogens is 350 g/mol. The van der Waals surface area contributed by atoms with Crippen LogP contribution in [0.15, 0.2) is 36.4 Å². The lowest BCUT2D eigenvalue weighted by molar-refractivity contribution is 0.0742. The van der Waals surface area contributed by atoms with E-state index in [9.17, 15) is 9.18 Å². The van der Waals surface area contributed by atoms with Gasteiger partial charge in [-0.1, -0.05) is 29.3 Å². The van der Waals surface area contributed by atoms with Gasteiger partial charge in [0.15, 0.2) is 0 Å². The number of nitrogens with zero attached hydrogens (tertiary/aromatic N) is 2. The first-order valence-electron chi connectivity index (χ1n) is 7.71. The molecular formula is C18H17Cl2FN2O. The van der Waals surface area contributed by atoms with Crippen LogP contribution in [-0.4, -0.2) is 37.0 Å². The molecule has 0 aliphatic carbocycles. The summed E-state index contributed by atoms with van der Waals surface area (Å²) in [5, 5.41) is 1.04. The van der Waals surface area contributed by atoms with Crippen molar-refractivity contribution in [2.45, 2.75) is 6.92 Å². The van der Waals surface area contributed by atoms with E-state index < -0.39 is 5.82 Å². The number of carbonyl (C=O) groups excluding carboxylic acids is 1. The van der Waals surface area contributed by atoms with Gasteiger partial charge in [0, 0.05) is 41.9 Å². The van der Waals surface area contributed by atoms with Crippen molar-refractivity contribution in [3.05, 3.63) is 63.4 Å². The minimum absolute atomic E-state index is 0.0230. The number of benzene rings is 2. The van der Waals surface area contributed by atoms with Gasteiger partial charge in [-0.3, -0.25) is 4.79 Å². The molecule has 0 N–H and O–H groups in total. The molecule has 0 unspecified atom stereocenters. The molecule has 24 heavy (non-hydrogen) atoms. The molecule has 0 atom stereocenters. The Morgan fingerprint density at radius 3 is 2.33 bits per heavy atom. The summed E-state index contributed by atoms with van der Waals surface area (Å²) in [6, 6.07) is 9.82. The lowest BCUT2D eigenvalue weighted by atomic mass is 10.1. The van der Waals surface area contributed by atoms with E-state index in [1.807, 2.05) is 25.1 Å². The third kappa shape index (κ3) is 3.50. The Morgan fingerprint density at radius 2 is 1.62 bits per heavy atom. The van der Waals surface area contributed by atoms with Crippen molar-refractivity contribution in [1.82, 2.24) is 4.90 Å². The van der Waals surface area contributed by atoms with Gasteiger partial charge in [0.2, 0.25) is 0 Å². The van der Waals surface area contributed by atoms with E-state index in [1.54, 1.807) is 4.90 Å². The Labute approximate surface area is 150 Å². The van der Waals surface area contributed by atoms with Crippen molar-refractivity contribution in [2.24, 2.45) is 0 Å². The van der Waals surface area contributed by atoms with E-state index in [2.05, 4.69) is 4.90 Å². The fourth-order valence-electron chi connectivity index (χ4n) is 2.91. The van der Waals surface area contributed by atoms with Crippen molar-refractivity contribution in [3.8, 4) is 0 Å². The summed E-state index contributed by atoms with van der Waals surface area (Å²) in [6.07, 6.45) is 0. The summed E-state index contributed by atoms with van der Waals surface area (Å²) >= 11 is 12.0. The van der Waals surface area contributed by atoms with Gasteiger partial charge in [-0.2, -0.15) is 0 Å². The van der Waals surface area contributed by atoms with E-state index in [1.165, 1.54) is 18.2 Å². The van der Waals surface area contributed by atoms with Crippen LogP contribution in [0.2, 0.25) is 10.0 Å². The molecule has 1 aliphatic rings.